The summed E-state index contributed by atoms with van der Waals surface area (Å²) >= 11 is 0. The minimum Gasteiger partial charge on any atom is -0.411 e. The third-order valence-corrected chi connectivity index (χ3v) is 6.23. The molecule has 0 fully saturated rings. The van der Waals surface area contributed by atoms with Gasteiger partial charge in [0, 0.05) is 23.9 Å². The van der Waals surface area contributed by atoms with Crippen LogP contribution in [-0.4, -0.2) is 23.9 Å². The van der Waals surface area contributed by atoms with Crippen LogP contribution in [0.1, 0.15) is 62.0 Å². The SMILES string of the molecule is CCCCCCNP(=O)(OCC)OC1=CCC(=O)c2cc3ccccc3nc21. The molecular weight excluding hydrogens is 375 g/mol. The number of hydrogen-bond donors (Lipinski definition) is 1. The normalized spacial score (nSPS) is 15.8. The summed E-state index contributed by atoms with van der Waals surface area (Å²) in [6.07, 6.45) is 6.05. The van der Waals surface area contributed by atoms with Gasteiger partial charge in [0.15, 0.2) is 11.5 Å². The van der Waals surface area contributed by atoms with Gasteiger partial charge in [0.25, 0.3) is 0 Å². The second-order valence-corrected chi connectivity index (χ2v) is 8.50. The molecule has 1 aliphatic rings. The van der Waals surface area contributed by atoms with Gasteiger partial charge in [0.2, 0.25) is 0 Å². The van der Waals surface area contributed by atoms with Crippen LogP contribution in [0.3, 0.4) is 0 Å². The molecule has 2 aromatic rings. The summed E-state index contributed by atoms with van der Waals surface area (Å²) in [6.45, 7) is 4.71. The van der Waals surface area contributed by atoms with E-state index in [0.29, 0.717) is 23.6 Å². The highest BCUT2D eigenvalue weighted by atomic mass is 31.2. The van der Waals surface area contributed by atoms with Gasteiger partial charge in [-0.2, -0.15) is 0 Å². The van der Waals surface area contributed by atoms with Crippen LogP contribution in [0.15, 0.2) is 36.4 Å². The summed E-state index contributed by atoms with van der Waals surface area (Å²) in [5.41, 5.74) is 1.66. The molecule has 3 rings (SSSR count). The Bertz CT molecular complexity index is 926. The predicted octanol–water partition coefficient (Wildman–Crippen LogP) is 5.49. The molecule has 0 bridgehead atoms. The van der Waals surface area contributed by atoms with Crippen molar-refractivity contribution in [2.75, 3.05) is 13.2 Å². The van der Waals surface area contributed by atoms with Gasteiger partial charge in [0.1, 0.15) is 5.69 Å². The van der Waals surface area contributed by atoms with Crippen molar-refractivity contribution in [2.45, 2.75) is 46.0 Å². The average molecular weight is 402 g/mol. The Balaban J connectivity index is 1.83. The molecule has 0 radical (unpaired) electrons. The van der Waals surface area contributed by atoms with Gasteiger partial charge in [-0.15, -0.1) is 0 Å². The van der Waals surface area contributed by atoms with Crippen molar-refractivity contribution in [3.63, 3.8) is 0 Å². The number of nitrogens with zero attached hydrogens (tertiary/aromatic N) is 1. The van der Waals surface area contributed by atoms with Crippen molar-refractivity contribution < 1.29 is 18.4 Å². The third kappa shape index (κ3) is 4.88. The van der Waals surface area contributed by atoms with E-state index in [4.69, 9.17) is 9.05 Å². The molecule has 1 atom stereocenters. The van der Waals surface area contributed by atoms with Crippen molar-refractivity contribution in [3.05, 3.63) is 47.7 Å². The summed E-state index contributed by atoms with van der Waals surface area (Å²) < 4.78 is 24.4. The highest BCUT2D eigenvalue weighted by Crippen LogP contribution is 2.49. The van der Waals surface area contributed by atoms with E-state index in [9.17, 15) is 9.36 Å². The van der Waals surface area contributed by atoms with Crippen LogP contribution >= 0.6 is 7.75 Å². The number of aromatic nitrogens is 1. The van der Waals surface area contributed by atoms with Crippen LogP contribution in [-0.2, 0) is 13.6 Å². The first-order valence-corrected chi connectivity index (χ1v) is 11.4. The number of carbonyl (C=O) groups is 1. The Morgan fingerprint density at radius 2 is 2.00 bits per heavy atom. The summed E-state index contributed by atoms with van der Waals surface area (Å²) in [6, 6.07) is 9.40. The predicted molar refractivity (Wildman–Crippen MR) is 111 cm³/mol. The maximum absolute atomic E-state index is 13.2. The zero-order chi connectivity index (χ0) is 20.0. The second-order valence-electron chi connectivity index (χ2n) is 6.75. The van der Waals surface area contributed by atoms with Gasteiger partial charge in [0.05, 0.1) is 12.1 Å². The van der Waals surface area contributed by atoms with Gasteiger partial charge in [-0.05, 0) is 31.6 Å². The Kier molecular flexibility index (Phi) is 7.00. The molecule has 28 heavy (non-hydrogen) atoms. The topological polar surface area (TPSA) is 77.5 Å². The number of ketones is 1. The minimum atomic E-state index is -3.54. The number of Topliss-reactive ketones (excluding diaryl/α,β-unsaturated/α-hetero) is 1. The van der Waals surface area contributed by atoms with Crippen LogP contribution in [0.5, 0.6) is 0 Å². The number of para-hydroxylation sites is 1. The fraction of sp³-hybridized carbons (Fsp3) is 0.429. The Labute approximate surface area is 165 Å². The molecule has 1 aromatic carbocycles. The average Bonchev–Trinajstić information content (AvgIpc) is 2.69. The molecule has 1 aliphatic carbocycles. The molecule has 1 N–H and O–H groups in total. The molecule has 1 heterocycles. The third-order valence-electron chi connectivity index (χ3n) is 4.58. The van der Waals surface area contributed by atoms with Crippen molar-refractivity contribution in [2.24, 2.45) is 0 Å². The van der Waals surface area contributed by atoms with Gasteiger partial charge < -0.3 is 4.52 Å². The molecular formula is C21H27N2O4P. The number of fused-ring (bicyclic) bond motifs is 2. The number of nitrogens with one attached hydrogen (secondary N) is 1. The minimum absolute atomic E-state index is 0.0284. The van der Waals surface area contributed by atoms with Crippen molar-refractivity contribution in [1.29, 1.82) is 0 Å². The van der Waals surface area contributed by atoms with Crippen LogP contribution < -0.4 is 5.09 Å². The van der Waals surface area contributed by atoms with Gasteiger partial charge in [-0.25, -0.2) is 14.6 Å². The number of pyridine rings is 1. The Morgan fingerprint density at radius 3 is 2.79 bits per heavy atom. The van der Waals surface area contributed by atoms with E-state index in [1.165, 1.54) is 0 Å². The van der Waals surface area contributed by atoms with E-state index in [0.717, 1.165) is 36.6 Å². The lowest BCUT2D eigenvalue weighted by Crippen LogP contribution is -2.18. The smallest absolute Gasteiger partial charge is 0.411 e. The molecule has 0 saturated carbocycles. The number of hydrogen-bond acceptors (Lipinski definition) is 5. The highest BCUT2D eigenvalue weighted by molar-refractivity contribution is 7.52. The monoisotopic (exact) mass is 402 g/mol. The van der Waals surface area contributed by atoms with Crippen LogP contribution in [0.25, 0.3) is 16.7 Å². The summed E-state index contributed by atoms with van der Waals surface area (Å²) in [7, 11) is -3.54. The lowest BCUT2D eigenvalue weighted by molar-refractivity contribution is 0.0992. The largest absolute Gasteiger partial charge is 0.458 e. The zero-order valence-electron chi connectivity index (χ0n) is 16.4. The molecule has 1 aromatic heterocycles. The van der Waals surface area contributed by atoms with Gasteiger partial charge in [-0.1, -0.05) is 44.4 Å². The van der Waals surface area contributed by atoms with E-state index in [2.05, 4.69) is 17.0 Å². The zero-order valence-corrected chi connectivity index (χ0v) is 17.3. The molecule has 0 aliphatic heterocycles. The lowest BCUT2D eigenvalue weighted by atomic mass is 9.97. The van der Waals surface area contributed by atoms with Gasteiger partial charge in [-0.3, -0.25) is 9.32 Å². The van der Waals surface area contributed by atoms with Crippen molar-refractivity contribution >= 4 is 30.2 Å². The quantitative estimate of drug-likeness (QED) is 0.418. The van der Waals surface area contributed by atoms with Crippen molar-refractivity contribution in [1.82, 2.24) is 10.1 Å². The molecule has 150 valence electrons. The first-order valence-electron chi connectivity index (χ1n) is 9.89. The van der Waals surface area contributed by atoms with Crippen molar-refractivity contribution in [3.8, 4) is 0 Å². The molecule has 7 heteroatoms. The summed E-state index contributed by atoms with van der Waals surface area (Å²) in [5.74, 6) is 0.303. The number of allylic oxidation sites excluding steroid dienone is 1. The molecule has 0 spiro atoms. The van der Waals surface area contributed by atoms with E-state index in [1.807, 2.05) is 30.3 Å². The maximum Gasteiger partial charge on any atom is 0.458 e. The van der Waals surface area contributed by atoms with Crippen LogP contribution in [0.4, 0.5) is 0 Å². The number of carbonyl (C=O) groups excluding carboxylic acids is 1. The molecule has 0 saturated heterocycles. The lowest BCUT2D eigenvalue weighted by Gasteiger charge is -2.23. The van der Waals surface area contributed by atoms with Crippen LogP contribution in [0, 0.1) is 0 Å². The summed E-state index contributed by atoms with van der Waals surface area (Å²) in [5, 5.41) is 3.83. The molecule has 6 nitrogen and oxygen atoms in total. The fourth-order valence-electron chi connectivity index (χ4n) is 3.16. The number of unbranched alkanes of at least 4 members (excludes halogenated alkanes) is 3. The molecule has 1 unspecified atom stereocenters. The van der Waals surface area contributed by atoms with Gasteiger partial charge >= 0.3 is 7.75 Å². The van der Waals surface area contributed by atoms with E-state index >= 15 is 0 Å². The van der Waals surface area contributed by atoms with E-state index in [1.54, 1.807) is 13.0 Å². The standard InChI is InChI=1S/C21H27N2O4P/c1-3-5-6-9-14-22-28(25,26-4-2)27-20-13-12-19(24)17-15-16-10-7-8-11-18(16)23-21(17)20/h7-8,10-11,13,15H,3-6,9,12,14H2,1-2H3,(H,22,25). The Morgan fingerprint density at radius 1 is 1.18 bits per heavy atom. The summed E-state index contributed by atoms with van der Waals surface area (Å²) in [4.78, 5) is 17.0. The van der Waals surface area contributed by atoms with E-state index in [-0.39, 0.29) is 18.8 Å². The molecule has 0 amide bonds. The first-order chi connectivity index (χ1) is 13.6. The highest BCUT2D eigenvalue weighted by Gasteiger charge is 2.31. The Hall–Kier alpha value is -2.01. The van der Waals surface area contributed by atoms with Crippen LogP contribution in [0.2, 0.25) is 0 Å². The second kappa shape index (κ2) is 9.46. The fourth-order valence-corrected chi connectivity index (χ4v) is 4.56. The van der Waals surface area contributed by atoms with E-state index < -0.39 is 7.75 Å². The maximum atomic E-state index is 13.2. The first kappa shape index (κ1) is 20.7. The number of rotatable bonds is 10. The number of benzene rings is 1.